The summed E-state index contributed by atoms with van der Waals surface area (Å²) < 4.78 is 10.5. The Morgan fingerprint density at radius 3 is 2.78 bits per heavy atom. The SMILES string of the molecule is Cc1ccc(C(N)c2ccc3[nH]c(=O)oc3c2)o1. The number of nitrogens with one attached hydrogen (secondary N) is 1. The van der Waals surface area contributed by atoms with Gasteiger partial charge >= 0.3 is 5.76 Å². The van der Waals surface area contributed by atoms with E-state index in [0.717, 1.165) is 11.3 Å². The second-order valence-electron chi connectivity index (χ2n) is 4.20. The van der Waals surface area contributed by atoms with Gasteiger partial charge in [-0.2, -0.15) is 0 Å². The Kier molecular flexibility index (Phi) is 2.34. The molecule has 92 valence electrons. The van der Waals surface area contributed by atoms with Gasteiger partial charge in [0, 0.05) is 0 Å². The minimum absolute atomic E-state index is 0.372. The summed E-state index contributed by atoms with van der Waals surface area (Å²) in [7, 11) is 0. The average Bonchev–Trinajstić information content (AvgIpc) is 2.92. The van der Waals surface area contributed by atoms with Crippen LogP contribution in [0.3, 0.4) is 0 Å². The van der Waals surface area contributed by atoms with Crippen molar-refractivity contribution in [1.29, 1.82) is 0 Å². The highest BCUT2D eigenvalue weighted by Gasteiger charge is 2.14. The molecule has 0 aliphatic heterocycles. The standard InChI is InChI=1S/C13H12N2O3/c1-7-2-5-10(17-7)12(14)8-3-4-9-11(6-8)18-13(16)15-9/h2-6,12H,14H2,1H3,(H,15,16). The van der Waals surface area contributed by atoms with Gasteiger partial charge in [-0.15, -0.1) is 0 Å². The lowest BCUT2D eigenvalue weighted by Gasteiger charge is -2.08. The topological polar surface area (TPSA) is 85.2 Å². The van der Waals surface area contributed by atoms with Crippen molar-refractivity contribution < 1.29 is 8.83 Å². The van der Waals surface area contributed by atoms with E-state index in [9.17, 15) is 4.79 Å². The zero-order chi connectivity index (χ0) is 12.7. The van der Waals surface area contributed by atoms with Gasteiger partial charge < -0.3 is 14.6 Å². The number of hydrogen-bond acceptors (Lipinski definition) is 4. The van der Waals surface area contributed by atoms with Crippen molar-refractivity contribution in [3.63, 3.8) is 0 Å². The Labute approximate surface area is 102 Å². The van der Waals surface area contributed by atoms with Crippen LogP contribution in [0, 0.1) is 6.92 Å². The highest BCUT2D eigenvalue weighted by molar-refractivity contribution is 5.73. The molecule has 0 spiro atoms. The summed E-state index contributed by atoms with van der Waals surface area (Å²) in [5.41, 5.74) is 8.09. The van der Waals surface area contributed by atoms with Gasteiger partial charge in [-0.25, -0.2) is 4.79 Å². The number of oxazole rings is 1. The van der Waals surface area contributed by atoms with E-state index in [1.807, 2.05) is 25.1 Å². The third-order valence-electron chi connectivity index (χ3n) is 2.87. The summed E-state index contributed by atoms with van der Waals surface area (Å²) in [4.78, 5) is 13.7. The number of furan rings is 1. The number of aromatic amines is 1. The molecule has 0 amide bonds. The first kappa shape index (κ1) is 10.9. The molecule has 0 aliphatic carbocycles. The average molecular weight is 244 g/mol. The Morgan fingerprint density at radius 2 is 2.06 bits per heavy atom. The fraction of sp³-hybridized carbons (Fsp3) is 0.154. The lowest BCUT2D eigenvalue weighted by molar-refractivity contribution is 0.466. The van der Waals surface area contributed by atoms with E-state index in [1.165, 1.54) is 0 Å². The van der Waals surface area contributed by atoms with Crippen LogP contribution in [0.1, 0.15) is 23.1 Å². The van der Waals surface area contributed by atoms with E-state index < -0.39 is 5.76 Å². The first-order valence-electron chi connectivity index (χ1n) is 5.58. The van der Waals surface area contributed by atoms with E-state index in [1.54, 1.807) is 12.1 Å². The predicted molar refractivity (Wildman–Crippen MR) is 66.3 cm³/mol. The molecule has 0 radical (unpaired) electrons. The summed E-state index contributed by atoms with van der Waals surface area (Å²) in [5.74, 6) is 1.03. The fourth-order valence-electron chi connectivity index (χ4n) is 1.94. The molecule has 18 heavy (non-hydrogen) atoms. The third-order valence-corrected chi connectivity index (χ3v) is 2.87. The predicted octanol–water partition coefficient (Wildman–Crippen LogP) is 2.07. The molecule has 1 atom stereocenters. The lowest BCUT2D eigenvalue weighted by atomic mass is 10.1. The van der Waals surface area contributed by atoms with Crippen LogP contribution in [-0.4, -0.2) is 4.98 Å². The molecule has 0 fully saturated rings. The molecular weight excluding hydrogens is 232 g/mol. The molecule has 2 heterocycles. The van der Waals surface area contributed by atoms with Gasteiger partial charge in [-0.1, -0.05) is 6.07 Å². The van der Waals surface area contributed by atoms with Crippen molar-refractivity contribution in [3.05, 3.63) is 58.0 Å². The summed E-state index contributed by atoms with van der Waals surface area (Å²) in [6, 6.07) is 8.70. The molecule has 0 aliphatic rings. The number of nitrogens with two attached hydrogens (primary N) is 1. The maximum atomic E-state index is 11.1. The number of aryl methyl sites for hydroxylation is 1. The fourth-order valence-corrected chi connectivity index (χ4v) is 1.94. The minimum Gasteiger partial charge on any atom is -0.464 e. The minimum atomic E-state index is -0.468. The van der Waals surface area contributed by atoms with Crippen LogP contribution in [-0.2, 0) is 0 Å². The van der Waals surface area contributed by atoms with Crippen LogP contribution in [0.25, 0.3) is 11.1 Å². The molecule has 2 aromatic heterocycles. The van der Waals surface area contributed by atoms with E-state index in [-0.39, 0.29) is 6.04 Å². The molecule has 0 saturated carbocycles. The largest absolute Gasteiger partial charge is 0.464 e. The Hall–Kier alpha value is -2.27. The Morgan fingerprint density at radius 1 is 1.22 bits per heavy atom. The van der Waals surface area contributed by atoms with Crippen molar-refractivity contribution in [2.45, 2.75) is 13.0 Å². The molecule has 0 saturated heterocycles. The molecular formula is C13H12N2O3. The van der Waals surface area contributed by atoms with Crippen molar-refractivity contribution in [1.82, 2.24) is 4.98 Å². The maximum Gasteiger partial charge on any atom is 0.417 e. The van der Waals surface area contributed by atoms with E-state index in [4.69, 9.17) is 14.6 Å². The van der Waals surface area contributed by atoms with Crippen LogP contribution in [0.4, 0.5) is 0 Å². The van der Waals surface area contributed by atoms with Gasteiger partial charge in [0.05, 0.1) is 11.6 Å². The molecule has 1 unspecified atom stereocenters. The summed E-state index contributed by atoms with van der Waals surface area (Å²) in [6.45, 7) is 1.87. The zero-order valence-electron chi connectivity index (χ0n) is 9.77. The van der Waals surface area contributed by atoms with Crippen LogP contribution in [0.15, 0.2) is 44.0 Å². The normalized spacial score (nSPS) is 13.0. The second-order valence-corrected chi connectivity index (χ2v) is 4.20. The summed E-state index contributed by atoms with van der Waals surface area (Å²) in [6.07, 6.45) is 0. The van der Waals surface area contributed by atoms with Crippen LogP contribution < -0.4 is 11.5 Å². The Balaban J connectivity index is 2.05. The molecule has 5 heteroatoms. The Bertz CT molecular complexity index is 751. The van der Waals surface area contributed by atoms with Gasteiger partial charge in [-0.05, 0) is 36.8 Å². The number of benzene rings is 1. The van der Waals surface area contributed by atoms with Crippen LogP contribution >= 0.6 is 0 Å². The lowest BCUT2D eigenvalue weighted by Crippen LogP contribution is -2.10. The van der Waals surface area contributed by atoms with Gasteiger partial charge in [0.2, 0.25) is 0 Å². The van der Waals surface area contributed by atoms with E-state index in [0.29, 0.717) is 16.9 Å². The maximum absolute atomic E-state index is 11.1. The van der Waals surface area contributed by atoms with Crippen molar-refractivity contribution >= 4 is 11.1 Å². The van der Waals surface area contributed by atoms with Gasteiger partial charge in [0.15, 0.2) is 5.58 Å². The summed E-state index contributed by atoms with van der Waals surface area (Å²) in [5, 5.41) is 0. The quantitative estimate of drug-likeness (QED) is 0.722. The molecule has 3 rings (SSSR count). The monoisotopic (exact) mass is 244 g/mol. The van der Waals surface area contributed by atoms with Crippen LogP contribution in [0.2, 0.25) is 0 Å². The van der Waals surface area contributed by atoms with Crippen molar-refractivity contribution in [3.8, 4) is 0 Å². The first-order chi connectivity index (χ1) is 8.63. The number of aromatic nitrogens is 1. The van der Waals surface area contributed by atoms with E-state index in [2.05, 4.69) is 4.98 Å². The van der Waals surface area contributed by atoms with Crippen LogP contribution in [0.5, 0.6) is 0 Å². The second kappa shape index (κ2) is 3.89. The highest BCUT2D eigenvalue weighted by Crippen LogP contribution is 2.23. The van der Waals surface area contributed by atoms with Gasteiger partial charge in [-0.3, -0.25) is 4.98 Å². The summed E-state index contributed by atoms with van der Waals surface area (Å²) >= 11 is 0. The number of hydrogen-bond donors (Lipinski definition) is 2. The van der Waals surface area contributed by atoms with E-state index >= 15 is 0 Å². The zero-order valence-corrected chi connectivity index (χ0v) is 9.77. The van der Waals surface area contributed by atoms with Crippen molar-refractivity contribution in [2.75, 3.05) is 0 Å². The van der Waals surface area contributed by atoms with Gasteiger partial charge in [0.1, 0.15) is 11.5 Å². The molecule has 3 aromatic rings. The highest BCUT2D eigenvalue weighted by atomic mass is 16.4. The number of H-pyrrole nitrogens is 1. The molecule has 1 aromatic carbocycles. The first-order valence-corrected chi connectivity index (χ1v) is 5.58. The van der Waals surface area contributed by atoms with Gasteiger partial charge in [0.25, 0.3) is 0 Å². The molecule has 3 N–H and O–H groups in total. The molecule has 5 nitrogen and oxygen atoms in total. The number of rotatable bonds is 2. The third kappa shape index (κ3) is 1.74. The van der Waals surface area contributed by atoms with Crippen molar-refractivity contribution in [2.24, 2.45) is 5.73 Å². The smallest absolute Gasteiger partial charge is 0.417 e. The molecule has 0 bridgehead atoms. The number of fused-ring (bicyclic) bond motifs is 1.